The number of rotatable bonds is 2. The Bertz CT molecular complexity index is 475. The molecule has 2 aliphatic carbocycles. The van der Waals surface area contributed by atoms with Crippen LogP contribution in [-0.4, -0.2) is 47.1 Å². The lowest BCUT2D eigenvalue weighted by Crippen LogP contribution is -2.52. The maximum absolute atomic E-state index is 4.62. The van der Waals surface area contributed by atoms with E-state index in [1.165, 1.54) is 68.7 Å². The molecule has 2 heterocycles. The Morgan fingerprint density at radius 3 is 2.45 bits per heavy atom. The lowest BCUT2D eigenvalue weighted by Gasteiger charge is -2.43. The lowest BCUT2D eigenvalue weighted by molar-refractivity contribution is 0.120. The molecule has 108 valence electrons. The number of hydrogen-bond donors (Lipinski definition) is 0. The van der Waals surface area contributed by atoms with Crippen LogP contribution in [0.2, 0.25) is 0 Å². The van der Waals surface area contributed by atoms with E-state index in [9.17, 15) is 0 Å². The van der Waals surface area contributed by atoms with Crippen LogP contribution in [0.25, 0.3) is 0 Å². The van der Waals surface area contributed by atoms with Gasteiger partial charge in [-0.15, -0.1) is 0 Å². The number of aromatic nitrogens is 2. The Hall–Kier alpha value is -1.16. The molecule has 4 nitrogen and oxygen atoms in total. The number of piperazine rings is 1. The molecule has 1 saturated heterocycles. The Morgan fingerprint density at radius 1 is 0.900 bits per heavy atom. The van der Waals surface area contributed by atoms with Crippen LogP contribution in [0, 0.1) is 0 Å². The van der Waals surface area contributed by atoms with E-state index in [-0.39, 0.29) is 0 Å². The molecule has 0 amide bonds. The van der Waals surface area contributed by atoms with E-state index < -0.39 is 0 Å². The van der Waals surface area contributed by atoms with Crippen LogP contribution >= 0.6 is 0 Å². The fraction of sp³-hybridized carbons (Fsp3) is 0.750. The predicted octanol–water partition coefficient (Wildman–Crippen LogP) is 2.03. The normalized spacial score (nSPS) is 24.3. The standard InChI is InChI=1S/C16H24N4/c1-2-7-15-14(6-1)16(18-12-17-15)20-10-8-19(9-11-20)13-4-3-5-13/h12-13H,1-11H2. The van der Waals surface area contributed by atoms with Crippen molar-refractivity contribution in [3.05, 3.63) is 17.6 Å². The first kappa shape index (κ1) is 12.6. The minimum atomic E-state index is 0.886. The van der Waals surface area contributed by atoms with Crippen LogP contribution in [0.5, 0.6) is 0 Å². The highest BCUT2D eigenvalue weighted by molar-refractivity contribution is 5.50. The van der Waals surface area contributed by atoms with E-state index in [1.54, 1.807) is 6.33 Å². The molecule has 0 unspecified atom stereocenters. The zero-order chi connectivity index (χ0) is 13.4. The monoisotopic (exact) mass is 272 g/mol. The smallest absolute Gasteiger partial charge is 0.135 e. The third-order valence-corrected chi connectivity index (χ3v) is 5.31. The number of fused-ring (bicyclic) bond motifs is 1. The molecule has 1 aromatic heterocycles. The van der Waals surface area contributed by atoms with Crippen molar-refractivity contribution in [2.24, 2.45) is 0 Å². The topological polar surface area (TPSA) is 32.3 Å². The summed E-state index contributed by atoms with van der Waals surface area (Å²) >= 11 is 0. The first-order valence-electron chi connectivity index (χ1n) is 8.23. The van der Waals surface area contributed by atoms with Crippen molar-refractivity contribution in [2.75, 3.05) is 31.1 Å². The molecule has 1 saturated carbocycles. The largest absolute Gasteiger partial charge is 0.354 e. The maximum Gasteiger partial charge on any atom is 0.135 e. The van der Waals surface area contributed by atoms with Crippen molar-refractivity contribution in [2.45, 2.75) is 51.0 Å². The van der Waals surface area contributed by atoms with Crippen molar-refractivity contribution in [3.8, 4) is 0 Å². The molecule has 20 heavy (non-hydrogen) atoms. The minimum absolute atomic E-state index is 0.886. The molecule has 4 rings (SSSR count). The molecule has 0 atom stereocenters. The quantitative estimate of drug-likeness (QED) is 0.824. The van der Waals surface area contributed by atoms with Crippen molar-refractivity contribution in [3.63, 3.8) is 0 Å². The van der Waals surface area contributed by atoms with Gasteiger partial charge in [0.15, 0.2) is 0 Å². The van der Waals surface area contributed by atoms with E-state index in [4.69, 9.17) is 0 Å². The minimum Gasteiger partial charge on any atom is -0.354 e. The average Bonchev–Trinajstić information content (AvgIpc) is 2.46. The Kier molecular flexibility index (Phi) is 3.34. The summed E-state index contributed by atoms with van der Waals surface area (Å²) in [6.07, 6.45) is 11.0. The van der Waals surface area contributed by atoms with Crippen LogP contribution in [0.15, 0.2) is 6.33 Å². The van der Waals surface area contributed by atoms with E-state index in [0.717, 1.165) is 25.6 Å². The van der Waals surface area contributed by atoms with Gasteiger partial charge in [-0.1, -0.05) is 6.42 Å². The van der Waals surface area contributed by atoms with Crippen LogP contribution in [0.3, 0.4) is 0 Å². The molecule has 0 spiro atoms. The number of aryl methyl sites for hydroxylation is 1. The van der Waals surface area contributed by atoms with Gasteiger partial charge in [0.05, 0.1) is 0 Å². The van der Waals surface area contributed by atoms with Crippen molar-refractivity contribution in [1.29, 1.82) is 0 Å². The zero-order valence-electron chi connectivity index (χ0n) is 12.2. The van der Waals surface area contributed by atoms with Gasteiger partial charge in [0.2, 0.25) is 0 Å². The van der Waals surface area contributed by atoms with Gasteiger partial charge in [-0.2, -0.15) is 0 Å². The summed E-state index contributed by atoms with van der Waals surface area (Å²) < 4.78 is 0. The van der Waals surface area contributed by atoms with Gasteiger partial charge >= 0.3 is 0 Å². The SMILES string of the molecule is c1nc2c(c(N3CCN(C4CCC4)CC3)n1)CCCC2. The van der Waals surface area contributed by atoms with Crippen molar-refractivity contribution < 1.29 is 0 Å². The summed E-state index contributed by atoms with van der Waals surface area (Å²) in [5.41, 5.74) is 2.75. The van der Waals surface area contributed by atoms with Crippen molar-refractivity contribution >= 4 is 5.82 Å². The maximum atomic E-state index is 4.62. The second-order valence-electron chi connectivity index (χ2n) is 6.44. The van der Waals surface area contributed by atoms with Crippen molar-refractivity contribution in [1.82, 2.24) is 14.9 Å². The highest BCUT2D eigenvalue weighted by atomic mass is 15.3. The van der Waals surface area contributed by atoms with Gasteiger partial charge in [0.25, 0.3) is 0 Å². The summed E-state index contributed by atoms with van der Waals surface area (Å²) in [6, 6.07) is 0.886. The number of anilines is 1. The first-order valence-corrected chi connectivity index (χ1v) is 8.23. The highest BCUT2D eigenvalue weighted by Gasteiger charge is 2.29. The molecular formula is C16H24N4. The fourth-order valence-electron chi connectivity index (χ4n) is 3.83. The van der Waals surface area contributed by atoms with Crippen LogP contribution < -0.4 is 4.90 Å². The average molecular weight is 272 g/mol. The molecule has 4 heteroatoms. The van der Waals surface area contributed by atoms with E-state index in [1.807, 2.05) is 0 Å². The molecule has 0 N–H and O–H groups in total. The molecule has 3 aliphatic rings. The Labute approximate surface area is 121 Å². The predicted molar refractivity (Wildman–Crippen MR) is 80.1 cm³/mol. The van der Waals surface area contributed by atoms with Crippen LogP contribution in [0.1, 0.15) is 43.4 Å². The van der Waals surface area contributed by atoms with Gasteiger partial charge in [-0.3, -0.25) is 4.90 Å². The van der Waals surface area contributed by atoms with E-state index >= 15 is 0 Å². The Balaban J connectivity index is 1.48. The van der Waals surface area contributed by atoms with E-state index in [0.29, 0.717) is 0 Å². The van der Waals surface area contributed by atoms with E-state index in [2.05, 4.69) is 19.8 Å². The third-order valence-electron chi connectivity index (χ3n) is 5.31. The third kappa shape index (κ3) is 2.20. The van der Waals surface area contributed by atoms with Gasteiger partial charge in [0, 0.05) is 43.5 Å². The van der Waals surface area contributed by atoms with Crippen LogP contribution in [0.4, 0.5) is 5.82 Å². The number of hydrogen-bond acceptors (Lipinski definition) is 4. The van der Waals surface area contributed by atoms with Crippen LogP contribution in [-0.2, 0) is 12.8 Å². The summed E-state index contributed by atoms with van der Waals surface area (Å²) in [7, 11) is 0. The second-order valence-corrected chi connectivity index (χ2v) is 6.44. The van der Waals surface area contributed by atoms with Gasteiger partial charge in [0.1, 0.15) is 12.1 Å². The summed E-state index contributed by atoms with van der Waals surface area (Å²) in [5.74, 6) is 1.24. The number of nitrogens with zero attached hydrogens (tertiary/aromatic N) is 4. The molecule has 2 fully saturated rings. The second kappa shape index (κ2) is 5.32. The molecular weight excluding hydrogens is 248 g/mol. The summed E-state index contributed by atoms with van der Waals surface area (Å²) in [6.45, 7) is 4.70. The highest BCUT2D eigenvalue weighted by Crippen LogP contribution is 2.29. The fourth-order valence-corrected chi connectivity index (χ4v) is 3.83. The lowest BCUT2D eigenvalue weighted by atomic mass is 9.91. The Morgan fingerprint density at radius 2 is 1.70 bits per heavy atom. The summed E-state index contributed by atoms with van der Waals surface area (Å²) in [4.78, 5) is 14.3. The zero-order valence-corrected chi connectivity index (χ0v) is 12.2. The molecule has 0 bridgehead atoms. The molecule has 1 aliphatic heterocycles. The molecule has 1 aromatic rings. The van der Waals surface area contributed by atoms with Gasteiger partial charge < -0.3 is 4.90 Å². The molecule has 0 radical (unpaired) electrons. The first-order chi connectivity index (χ1) is 9.92. The van der Waals surface area contributed by atoms with Gasteiger partial charge in [-0.05, 0) is 38.5 Å². The molecule has 0 aromatic carbocycles. The summed E-state index contributed by atoms with van der Waals surface area (Å²) in [5, 5.41) is 0. The van der Waals surface area contributed by atoms with Gasteiger partial charge in [-0.25, -0.2) is 9.97 Å².